The fourth-order valence-electron chi connectivity index (χ4n) is 0. The van der Waals surface area contributed by atoms with Crippen LogP contribution in [0.2, 0.25) is 0 Å². The molecule has 0 N–H and O–H groups in total. The molecule has 0 fully saturated rings. The Labute approximate surface area is 64.4 Å². The summed E-state index contributed by atoms with van der Waals surface area (Å²) < 4.78 is 0. The topological polar surface area (TPSA) is 0 Å². The average Bonchev–Trinajstić information content (AvgIpc) is 1.37. The zero-order valence-electron chi connectivity index (χ0n) is 3.41. The third-order valence-electron chi connectivity index (χ3n) is 0.500. The quantitative estimate of drug-likeness (QED) is 0.397. The van der Waals surface area contributed by atoms with Crippen LogP contribution in [0, 0.1) is 0 Å². The zero-order chi connectivity index (χ0) is 3.41. The Hall–Kier alpha value is 1.19. The summed E-state index contributed by atoms with van der Waals surface area (Å²) >= 11 is 0. The van der Waals surface area contributed by atoms with E-state index < -0.39 is 0 Å². The Morgan fingerprint density at radius 2 is 1.00 bits per heavy atom. The van der Waals surface area contributed by atoms with Crippen LogP contribution in [-0.2, 0) is 0 Å². The summed E-state index contributed by atoms with van der Waals surface area (Å²) in [6, 6.07) is 0. The van der Waals surface area contributed by atoms with Gasteiger partial charge in [0.25, 0.3) is 0 Å². The number of hydrogen-bond donors (Lipinski definition) is 0. The molecule has 0 aromatic heterocycles. The van der Waals surface area contributed by atoms with E-state index in [9.17, 15) is 0 Å². The van der Waals surface area contributed by atoms with Crippen molar-refractivity contribution in [1.82, 2.24) is 0 Å². The first kappa shape index (κ1) is 15.7. The van der Waals surface area contributed by atoms with Crippen LogP contribution in [0.5, 0.6) is 0 Å². The van der Waals surface area contributed by atoms with Crippen LogP contribution in [0.4, 0.5) is 0 Å². The van der Waals surface area contributed by atoms with Gasteiger partial charge in [-0.3, -0.25) is 0 Å². The molecule has 0 spiro atoms. The molecule has 0 radical (unpaired) electrons. The summed E-state index contributed by atoms with van der Waals surface area (Å²) in [5.74, 6) is 0. The van der Waals surface area contributed by atoms with Crippen molar-refractivity contribution in [2.24, 2.45) is 0 Å². The van der Waals surface area contributed by atoms with Crippen LogP contribution >= 0.6 is 0 Å². The SMILES string of the molecule is CCCC.[LiH].[LiH]. The van der Waals surface area contributed by atoms with Gasteiger partial charge in [0.2, 0.25) is 0 Å². The molecule has 0 heterocycles. The molecule has 0 aromatic rings. The first-order valence-corrected chi connectivity index (χ1v) is 1.91. The third kappa shape index (κ3) is 19.0. The van der Waals surface area contributed by atoms with Crippen LogP contribution < -0.4 is 0 Å². The molecular weight excluding hydrogens is 61.9 g/mol. The van der Waals surface area contributed by atoms with Gasteiger partial charge in [0.05, 0.1) is 0 Å². The monoisotopic (exact) mass is 74.1 g/mol. The second kappa shape index (κ2) is 16.4. The molecular formula is C4H12Li2. The minimum atomic E-state index is 0. The number of unbranched alkanes of at least 4 members (excludes halogenated alkanes) is 1. The van der Waals surface area contributed by atoms with E-state index in [1.54, 1.807) is 0 Å². The van der Waals surface area contributed by atoms with E-state index in [1.165, 1.54) is 12.8 Å². The number of rotatable bonds is 1. The molecule has 6 heavy (non-hydrogen) atoms. The molecule has 0 rings (SSSR count). The maximum atomic E-state index is 2.18. The molecule has 0 amide bonds. The van der Waals surface area contributed by atoms with Crippen molar-refractivity contribution in [3.63, 3.8) is 0 Å². The Balaban J connectivity index is -0.0000000450. The first-order valence-electron chi connectivity index (χ1n) is 1.91. The summed E-state index contributed by atoms with van der Waals surface area (Å²) in [6.07, 6.45) is 2.64. The van der Waals surface area contributed by atoms with E-state index in [2.05, 4.69) is 13.8 Å². The van der Waals surface area contributed by atoms with Gasteiger partial charge in [-0.05, 0) is 0 Å². The zero-order valence-corrected chi connectivity index (χ0v) is 3.41. The molecule has 0 aliphatic carbocycles. The van der Waals surface area contributed by atoms with E-state index in [-0.39, 0.29) is 37.7 Å². The van der Waals surface area contributed by atoms with Crippen LogP contribution in [0.3, 0.4) is 0 Å². The van der Waals surface area contributed by atoms with Crippen LogP contribution in [0.1, 0.15) is 26.7 Å². The second-order valence-corrected chi connectivity index (χ2v) is 1.000. The molecule has 2 heteroatoms. The van der Waals surface area contributed by atoms with Crippen LogP contribution in [0.15, 0.2) is 0 Å². The summed E-state index contributed by atoms with van der Waals surface area (Å²) in [4.78, 5) is 0. The summed E-state index contributed by atoms with van der Waals surface area (Å²) in [5, 5.41) is 0. The van der Waals surface area contributed by atoms with E-state index in [1.807, 2.05) is 0 Å². The Morgan fingerprint density at radius 1 is 0.833 bits per heavy atom. The molecule has 0 saturated heterocycles. The fraction of sp³-hybridized carbons (Fsp3) is 1.00. The molecule has 0 aliphatic heterocycles. The van der Waals surface area contributed by atoms with E-state index >= 15 is 0 Å². The van der Waals surface area contributed by atoms with Gasteiger partial charge in [0.15, 0.2) is 0 Å². The van der Waals surface area contributed by atoms with Gasteiger partial charge in [-0.15, -0.1) is 0 Å². The van der Waals surface area contributed by atoms with Gasteiger partial charge in [-0.2, -0.15) is 0 Å². The first-order chi connectivity index (χ1) is 1.91. The Kier molecular flexibility index (Phi) is 42.8. The van der Waals surface area contributed by atoms with Crippen molar-refractivity contribution in [1.29, 1.82) is 0 Å². The standard InChI is InChI=1S/C4H10.2Li.2H/c1-3-4-2;;;;/h3-4H2,1-2H3;;;;. The molecule has 0 nitrogen and oxygen atoms in total. The van der Waals surface area contributed by atoms with E-state index in [0.29, 0.717) is 0 Å². The van der Waals surface area contributed by atoms with Gasteiger partial charge >= 0.3 is 37.7 Å². The second-order valence-electron chi connectivity index (χ2n) is 1.000. The predicted molar refractivity (Wildman–Crippen MR) is 34.9 cm³/mol. The molecule has 0 saturated carbocycles. The fourth-order valence-corrected chi connectivity index (χ4v) is 0. The van der Waals surface area contributed by atoms with Crippen molar-refractivity contribution in [2.75, 3.05) is 0 Å². The van der Waals surface area contributed by atoms with Crippen molar-refractivity contribution >= 4 is 37.7 Å². The van der Waals surface area contributed by atoms with Gasteiger partial charge in [-0.1, -0.05) is 26.7 Å². The van der Waals surface area contributed by atoms with Crippen molar-refractivity contribution < 1.29 is 0 Å². The van der Waals surface area contributed by atoms with Crippen molar-refractivity contribution in [3.05, 3.63) is 0 Å². The van der Waals surface area contributed by atoms with Crippen molar-refractivity contribution in [3.8, 4) is 0 Å². The third-order valence-corrected chi connectivity index (χ3v) is 0.500. The minimum absolute atomic E-state index is 0. The normalized spacial score (nSPS) is 5.00. The van der Waals surface area contributed by atoms with Crippen molar-refractivity contribution in [2.45, 2.75) is 26.7 Å². The molecule has 0 bridgehead atoms. The number of hydrogen-bond acceptors (Lipinski definition) is 0. The average molecular weight is 74.0 g/mol. The molecule has 30 valence electrons. The molecule has 0 unspecified atom stereocenters. The summed E-state index contributed by atoms with van der Waals surface area (Å²) in [5.41, 5.74) is 0. The summed E-state index contributed by atoms with van der Waals surface area (Å²) in [6.45, 7) is 4.36. The molecule has 0 aliphatic rings. The van der Waals surface area contributed by atoms with E-state index in [0.717, 1.165) is 0 Å². The van der Waals surface area contributed by atoms with E-state index in [4.69, 9.17) is 0 Å². The predicted octanol–water partition coefficient (Wildman–Crippen LogP) is 0.509. The van der Waals surface area contributed by atoms with Crippen LogP contribution in [-0.4, -0.2) is 37.7 Å². The molecule has 0 aromatic carbocycles. The summed E-state index contributed by atoms with van der Waals surface area (Å²) in [7, 11) is 0. The Morgan fingerprint density at radius 3 is 1.00 bits per heavy atom. The van der Waals surface area contributed by atoms with Gasteiger partial charge in [-0.25, -0.2) is 0 Å². The van der Waals surface area contributed by atoms with Gasteiger partial charge in [0, 0.05) is 0 Å². The Bertz CT molecular complexity index is 7.51. The van der Waals surface area contributed by atoms with Crippen LogP contribution in [0.25, 0.3) is 0 Å². The molecule has 0 atom stereocenters. The van der Waals surface area contributed by atoms with Gasteiger partial charge < -0.3 is 0 Å². The maximum absolute atomic E-state index is 2.18. The van der Waals surface area contributed by atoms with Gasteiger partial charge in [0.1, 0.15) is 0 Å².